The van der Waals surface area contributed by atoms with Crippen LogP contribution in [-0.2, 0) is 33.6 Å². The van der Waals surface area contributed by atoms with Crippen molar-refractivity contribution in [2.24, 2.45) is 19.1 Å². The molecule has 3 rings (SSSR count). The lowest BCUT2D eigenvalue weighted by Gasteiger charge is -2.23. The highest BCUT2D eigenvalue weighted by atomic mass is 16.5. The molecule has 160 valence electrons. The van der Waals surface area contributed by atoms with E-state index >= 15 is 0 Å². The standard InChI is InChI=1S/C22H31N7O/c1-17-25-26-21(29(17)4)15-24-22(28(3)16-19-7-6-14-27(19)2)23-13-12-18-8-10-20(30-5)11-9-18/h6-11,14H,12-13,15-16H2,1-5H3,(H,23,24). The van der Waals surface area contributed by atoms with Crippen molar-refractivity contribution in [2.75, 3.05) is 20.7 Å². The minimum atomic E-state index is 0.472. The van der Waals surface area contributed by atoms with Gasteiger partial charge in [0.1, 0.15) is 18.1 Å². The number of hydrogen-bond acceptors (Lipinski definition) is 4. The van der Waals surface area contributed by atoms with Gasteiger partial charge in [0.15, 0.2) is 11.8 Å². The molecule has 8 nitrogen and oxygen atoms in total. The van der Waals surface area contributed by atoms with E-state index in [4.69, 9.17) is 9.73 Å². The summed E-state index contributed by atoms with van der Waals surface area (Å²) in [6, 6.07) is 12.3. The van der Waals surface area contributed by atoms with Crippen LogP contribution >= 0.6 is 0 Å². The zero-order valence-corrected chi connectivity index (χ0v) is 18.5. The number of nitrogens with one attached hydrogen (secondary N) is 1. The van der Waals surface area contributed by atoms with E-state index in [2.05, 4.69) is 62.5 Å². The highest BCUT2D eigenvalue weighted by Crippen LogP contribution is 2.11. The van der Waals surface area contributed by atoms with Crippen LogP contribution in [0.15, 0.2) is 47.6 Å². The molecular formula is C22H31N7O. The first-order valence-electron chi connectivity index (χ1n) is 10.1. The van der Waals surface area contributed by atoms with Gasteiger partial charge in [-0.3, -0.25) is 0 Å². The molecule has 0 aliphatic rings. The van der Waals surface area contributed by atoms with Gasteiger partial charge >= 0.3 is 0 Å². The van der Waals surface area contributed by atoms with E-state index < -0.39 is 0 Å². The Morgan fingerprint density at radius 1 is 1.17 bits per heavy atom. The summed E-state index contributed by atoms with van der Waals surface area (Å²) in [6.07, 6.45) is 2.95. The Hall–Kier alpha value is -3.29. The summed E-state index contributed by atoms with van der Waals surface area (Å²) in [5.74, 6) is 3.43. The van der Waals surface area contributed by atoms with Gasteiger partial charge in [-0.1, -0.05) is 12.1 Å². The summed E-state index contributed by atoms with van der Waals surface area (Å²) in [4.78, 5) is 6.95. The Labute approximate surface area is 178 Å². The zero-order valence-electron chi connectivity index (χ0n) is 18.5. The van der Waals surface area contributed by atoms with E-state index in [0.717, 1.165) is 42.9 Å². The molecule has 0 saturated heterocycles. The second-order valence-corrected chi connectivity index (χ2v) is 7.35. The second-order valence-electron chi connectivity index (χ2n) is 7.35. The first-order valence-corrected chi connectivity index (χ1v) is 10.1. The van der Waals surface area contributed by atoms with Crippen molar-refractivity contribution in [3.05, 3.63) is 65.5 Å². The van der Waals surface area contributed by atoms with Gasteiger partial charge in [0.25, 0.3) is 0 Å². The summed E-state index contributed by atoms with van der Waals surface area (Å²) in [6.45, 7) is 3.95. The van der Waals surface area contributed by atoms with E-state index in [-0.39, 0.29) is 0 Å². The number of aliphatic imine (C=N–C) groups is 1. The molecule has 1 aromatic carbocycles. The lowest BCUT2D eigenvalue weighted by molar-refractivity contribution is 0.414. The second kappa shape index (κ2) is 9.96. The maximum atomic E-state index is 5.23. The van der Waals surface area contributed by atoms with Gasteiger partial charge in [0.2, 0.25) is 0 Å². The van der Waals surface area contributed by atoms with Crippen molar-refractivity contribution in [1.82, 2.24) is 29.5 Å². The van der Waals surface area contributed by atoms with Crippen LogP contribution in [0.2, 0.25) is 0 Å². The molecule has 1 N–H and O–H groups in total. The number of aromatic nitrogens is 4. The molecule has 0 aliphatic heterocycles. The molecule has 0 bridgehead atoms. The van der Waals surface area contributed by atoms with Crippen LogP contribution in [0.3, 0.4) is 0 Å². The minimum Gasteiger partial charge on any atom is -0.497 e. The summed E-state index contributed by atoms with van der Waals surface area (Å²) >= 11 is 0. The molecule has 30 heavy (non-hydrogen) atoms. The molecule has 8 heteroatoms. The van der Waals surface area contributed by atoms with E-state index in [1.807, 2.05) is 37.7 Å². The molecule has 0 unspecified atom stereocenters. The maximum absolute atomic E-state index is 5.23. The first kappa shape index (κ1) is 21.4. The molecule has 0 spiro atoms. The van der Waals surface area contributed by atoms with Crippen LogP contribution in [-0.4, -0.2) is 50.9 Å². The van der Waals surface area contributed by atoms with E-state index in [9.17, 15) is 0 Å². The predicted octanol–water partition coefficient (Wildman–Crippen LogP) is 2.29. The number of nitrogens with zero attached hydrogens (tertiary/aromatic N) is 6. The van der Waals surface area contributed by atoms with Gasteiger partial charge in [-0.2, -0.15) is 0 Å². The largest absolute Gasteiger partial charge is 0.497 e. The van der Waals surface area contributed by atoms with Gasteiger partial charge < -0.3 is 24.1 Å². The Balaban J connectivity index is 1.68. The number of aryl methyl sites for hydroxylation is 2. The molecule has 0 saturated carbocycles. The first-order chi connectivity index (χ1) is 14.5. The van der Waals surface area contributed by atoms with E-state index in [1.54, 1.807) is 7.11 Å². The SMILES string of the molecule is COc1ccc(CCNC(=NCc2nnc(C)n2C)N(C)Cc2cccn2C)cc1. The van der Waals surface area contributed by atoms with Crippen LogP contribution in [0.25, 0.3) is 0 Å². The minimum absolute atomic E-state index is 0.472. The third-order valence-corrected chi connectivity index (χ3v) is 5.22. The number of ether oxygens (including phenoxy) is 1. The van der Waals surface area contributed by atoms with Crippen molar-refractivity contribution < 1.29 is 4.74 Å². The summed E-state index contributed by atoms with van der Waals surface area (Å²) in [7, 11) is 7.75. The van der Waals surface area contributed by atoms with Gasteiger partial charge in [-0.05, 0) is 43.2 Å². The molecule has 2 heterocycles. The molecule has 3 aromatic rings. The molecule has 0 atom stereocenters. The Bertz CT molecular complexity index is 972. The van der Waals surface area contributed by atoms with Gasteiger partial charge in [0, 0.05) is 39.6 Å². The maximum Gasteiger partial charge on any atom is 0.194 e. The normalized spacial score (nSPS) is 11.6. The molecule has 2 aromatic heterocycles. The number of guanidine groups is 1. The van der Waals surface area contributed by atoms with Gasteiger partial charge in [0.05, 0.1) is 13.7 Å². The molecule has 0 radical (unpaired) electrons. The number of benzene rings is 1. The topological polar surface area (TPSA) is 72.5 Å². The summed E-state index contributed by atoms with van der Waals surface area (Å²) in [5.41, 5.74) is 2.47. The Morgan fingerprint density at radius 2 is 1.93 bits per heavy atom. The van der Waals surface area contributed by atoms with Crippen LogP contribution in [0.4, 0.5) is 0 Å². The third-order valence-electron chi connectivity index (χ3n) is 5.22. The summed E-state index contributed by atoms with van der Waals surface area (Å²) < 4.78 is 9.32. The number of rotatable bonds is 8. The molecule has 0 amide bonds. The van der Waals surface area contributed by atoms with Crippen molar-refractivity contribution in [3.8, 4) is 5.75 Å². The Morgan fingerprint density at radius 3 is 2.53 bits per heavy atom. The van der Waals surface area contributed by atoms with E-state index in [1.165, 1.54) is 11.3 Å². The van der Waals surface area contributed by atoms with Gasteiger partial charge in [-0.15, -0.1) is 10.2 Å². The van der Waals surface area contributed by atoms with Crippen LogP contribution in [0.1, 0.15) is 22.9 Å². The highest BCUT2D eigenvalue weighted by molar-refractivity contribution is 5.79. The van der Waals surface area contributed by atoms with Gasteiger partial charge in [-0.25, -0.2) is 4.99 Å². The highest BCUT2D eigenvalue weighted by Gasteiger charge is 2.11. The fraction of sp³-hybridized carbons (Fsp3) is 0.409. The molecule has 0 fully saturated rings. The lowest BCUT2D eigenvalue weighted by Crippen LogP contribution is -2.40. The third kappa shape index (κ3) is 5.40. The molecule has 0 aliphatic carbocycles. The van der Waals surface area contributed by atoms with Crippen molar-refractivity contribution in [1.29, 1.82) is 0 Å². The molecular weight excluding hydrogens is 378 g/mol. The quantitative estimate of drug-likeness (QED) is 0.457. The lowest BCUT2D eigenvalue weighted by atomic mass is 10.1. The Kier molecular flexibility index (Phi) is 7.11. The fourth-order valence-electron chi connectivity index (χ4n) is 3.14. The number of methoxy groups -OCH3 is 1. The van der Waals surface area contributed by atoms with Crippen LogP contribution in [0, 0.1) is 6.92 Å². The van der Waals surface area contributed by atoms with Crippen molar-refractivity contribution in [2.45, 2.75) is 26.4 Å². The van der Waals surface area contributed by atoms with Crippen molar-refractivity contribution >= 4 is 5.96 Å². The predicted molar refractivity (Wildman–Crippen MR) is 118 cm³/mol. The summed E-state index contributed by atoms with van der Waals surface area (Å²) in [5, 5.41) is 11.9. The smallest absolute Gasteiger partial charge is 0.194 e. The van der Waals surface area contributed by atoms with Crippen molar-refractivity contribution in [3.63, 3.8) is 0 Å². The zero-order chi connectivity index (χ0) is 21.5. The number of hydrogen-bond donors (Lipinski definition) is 1. The van der Waals surface area contributed by atoms with Crippen LogP contribution < -0.4 is 10.1 Å². The average molecular weight is 410 g/mol. The monoisotopic (exact) mass is 409 g/mol. The van der Waals surface area contributed by atoms with E-state index in [0.29, 0.717) is 6.54 Å². The van der Waals surface area contributed by atoms with Crippen LogP contribution in [0.5, 0.6) is 5.75 Å². The average Bonchev–Trinajstić information content (AvgIpc) is 3.30. The fourth-order valence-corrected chi connectivity index (χ4v) is 3.14.